The van der Waals surface area contributed by atoms with Gasteiger partial charge in [0.15, 0.2) is 6.10 Å². The minimum Gasteiger partial charge on any atom is -0.450 e. The Hall–Kier alpha value is -1.39. The van der Waals surface area contributed by atoms with Crippen LogP contribution >= 0.6 is 0 Å². The summed E-state index contributed by atoms with van der Waals surface area (Å²) in [4.78, 5) is 33.7. The number of esters is 3. The van der Waals surface area contributed by atoms with E-state index in [2.05, 4.69) is 4.74 Å². The standard InChI is InChI=1S/C11H16O5/c1-4-11(2,3)10(14)15-7-5-6-8(12)16-9(7)13/h7H,4-6H2,1-3H3. The van der Waals surface area contributed by atoms with Gasteiger partial charge in [-0.25, -0.2) is 4.79 Å². The molecular weight excluding hydrogens is 212 g/mol. The molecule has 1 heterocycles. The molecule has 5 heteroatoms. The Morgan fingerprint density at radius 2 is 2.12 bits per heavy atom. The van der Waals surface area contributed by atoms with Crippen LogP contribution in [-0.2, 0) is 23.9 Å². The van der Waals surface area contributed by atoms with Crippen LogP contribution in [0.25, 0.3) is 0 Å². The van der Waals surface area contributed by atoms with Crippen LogP contribution in [0.15, 0.2) is 0 Å². The van der Waals surface area contributed by atoms with Gasteiger partial charge in [-0.3, -0.25) is 9.59 Å². The van der Waals surface area contributed by atoms with Crippen LogP contribution in [0.1, 0.15) is 40.0 Å². The molecule has 1 atom stereocenters. The largest absolute Gasteiger partial charge is 0.450 e. The molecule has 0 aliphatic carbocycles. The van der Waals surface area contributed by atoms with Crippen molar-refractivity contribution in [1.82, 2.24) is 0 Å². The Labute approximate surface area is 94.1 Å². The van der Waals surface area contributed by atoms with Gasteiger partial charge in [0.25, 0.3) is 0 Å². The summed E-state index contributed by atoms with van der Waals surface area (Å²) in [7, 11) is 0. The van der Waals surface area contributed by atoms with Gasteiger partial charge < -0.3 is 9.47 Å². The molecule has 0 bridgehead atoms. The molecule has 1 rings (SSSR count). The Kier molecular flexibility index (Phi) is 3.67. The first-order chi connectivity index (χ1) is 7.36. The maximum absolute atomic E-state index is 11.7. The predicted molar refractivity (Wildman–Crippen MR) is 54.3 cm³/mol. The van der Waals surface area contributed by atoms with E-state index in [1.807, 2.05) is 6.92 Å². The summed E-state index contributed by atoms with van der Waals surface area (Å²) < 4.78 is 9.43. The highest BCUT2D eigenvalue weighted by Gasteiger charge is 2.36. The van der Waals surface area contributed by atoms with Crippen molar-refractivity contribution < 1.29 is 23.9 Å². The van der Waals surface area contributed by atoms with Crippen molar-refractivity contribution >= 4 is 17.9 Å². The zero-order valence-electron chi connectivity index (χ0n) is 9.74. The second-order valence-corrected chi connectivity index (χ2v) is 4.46. The van der Waals surface area contributed by atoms with Gasteiger partial charge in [-0.2, -0.15) is 0 Å². The summed E-state index contributed by atoms with van der Waals surface area (Å²) in [5.74, 6) is -1.77. The van der Waals surface area contributed by atoms with E-state index in [0.717, 1.165) is 0 Å². The number of carbonyl (C=O) groups excluding carboxylic acids is 3. The van der Waals surface area contributed by atoms with Gasteiger partial charge in [0, 0.05) is 6.42 Å². The number of cyclic esters (lactones) is 2. The molecule has 16 heavy (non-hydrogen) atoms. The first-order valence-corrected chi connectivity index (χ1v) is 5.32. The molecule has 0 spiro atoms. The fraction of sp³-hybridized carbons (Fsp3) is 0.727. The number of hydrogen-bond donors (Lipinski definition) is 0. The van der Waals surface area contributed by atoms with Gasteiger partial charge in [0.05, 0.1) is 11.8 Å². The maximum Gasteiger partial charge on any atom is 0.355 e. The van der Waals surface area contributed by atoms with Crippen LogP contribution in [0.5, 0.6) is 0 Å². The van der Waals surface area contributed by atoms with Crippen molar-refractivity contribution in [2.45, 2.75) is 46.1 Å². The highest BCUT2D eigenvalue weighted by atomic mass is 16.6. The Morgan fingerprint density at radius 1 is 1.50 bits per heavy atom. The van der Waals surface area contributed by atoms with Crippen molar-refractivity contribution in [2.24, 2.45) is 5.41 Å². The van der Waals surface area contributed by atoms with E-state index in [1.165, 1.54) is 0 Å². The van der Waals surface area contributed by atoms with Crippen molar-refractivity contribution in [1.29, 1.82) is 0 Å². The molecule has 90 valence electrons. The van der Waals surface area contributed by atoms with Crippen molar-refractivity contribution in [3.05, 3.63) is 0 Å². The summed E-state index contributed by atoms with van der Waals surface area (Å²) in [6, 6.07) is 0. The van der Waals surface area contributed by atoms with Crippen molar-refractivity contribution in [3.8, 4) is 0 Å². The molecule has 0 saturated carbocycles. The zero-order valence-corrected chi connectivity index (χ0v) is 9.74. The lowest BCUT2D eigenvalue weighted by Gasteiger charge is -2.25. The van der Waals surface area contributed by atoms with E-state index >= 15 is 0 Å². The fourth-order valence-electron chi connectivity index (χ4n) is 1.14. The molecule has 0 aromatic carbocycles. The third-order valence-corrected chi connectivity index (χ3v) is 2.77. The minimum absolute atomic E-state index is 0.107. The van der Waals surface area contributed by atoms with Crippen molar-refractivity contribution in [3.63, 3.8) is 0 Å². The molecule has 0 N–H and O–H groups in total. The fourth-order valence-corrected chi connectivity index (χ4v) is 1.14. The smallest absolute Gasteiger partial charge is 0.355 e. The zero-order chi connectivity index (χ0) is 12.3. The van der Waals surface area contributed by atoms with Gasteiger partial charge in [-0.05, 0) is 20.3 Å². The average molecular weight is 228 g/mol. The lowest BCUT2D eigenvalue weighted by atomic mass is 9.90. The van der Waals surface area contributed by atoms with Crippen LogP contribution in [0.2, 0.25) is 0 Å². The van der Waals surface area contributed by atoms with Crippen molar-refractivity contribution in [2.75, 3.05) is 0 Å². The van der Waals surface area contributed by atoms with Gasteiger partial charge in [0.2, 0.25) is 0 Å². The van der Waals surface area contributed by atoms with E-state index in [9.17, 15) is 14.4 Å². The summed E-state index contributed by atoms with van der Waals surface area (Å²) in [6.07, 6.45) is 0.00224. The number of rotatable bonds is 3. The molecule has 1 aliphatic rings. The Balaban J connectivity index is 2.58. The van der Waals surface area contributed by atoms with Crippen LogP contribution < -0.4 is 0 Å². The number of ether oxygens (including phenoxy) is 2. The number of carbonyl (C=O) groups is 3. The summed E-state index contributed by atoms with van der Waals surface area (Å²) in [5.41, 5.74) is -0.623. The molecule has 1 aliphatic heterocycles. The highest BCUT2D eigenvalue weighted by molar-refractivity contribution is 5.92. The van der Waals surface area contributed by atoms with Gasteiger partial charge >= 0.3 is 17.9 Å². The molecule has 5 nitrogen and oxygen atoms in total. The third kappa shape index (κ3) is 2.81. The van der Waals surface area contributed by atoms with Gasteiger partial charge in [-0.15, -0.1) is 0 Å². The second kappa shape index (κ2) is 4.63. The minimum atomic E-state index is -0.934. The molecular formula is C11H16O5. The highest BCUT2D eigenvalue weighted by Crippen LogP contribution is 2.24. The Bertz CT molecular complexity index is 318. The normalized spacial score (nSPS) is 21.6. The second-order valence-electron chi connectivity index (χ2n) is 4.46. The summed E-state index contributed by atoms with van der Waals surface area (Å²) >= 11 is 0. The molecule has 0 amide bonds. The lowest BCUT2D eigenvalue weighted by molar-refractivity contribution is -0.183. The maximum atomic E-state index is 11.7. The summed E-state index contributed by atoms with van der Waals surface area (Å²) in [6.45, 7) is 5.35. The topological polar surface area (TPSA) is 69.7 Å². The SMILES string of the molecule is CCC(C)(C)C(=O)OC1CCC(=O)OC1=O. The quantitative estimate of drug-likeness (QED) is 0.536. The van der Waals surface area contributed by atoms with Gasteiger partial charge in [-0.1, -0.05) is 6.92 Å². The van der Waals surface area contributed by atoms with E-state index < -0.39 is 29.4 Å². The van der Waals surface area contributed by atoms with E-state index in [0.29, 0.717) is 6.42 Å². The molecule has 1 unspecified atom stereocenters. The lowest BCUT2D eigenvalue weighted by Crippen LogP contribution is -2.39. The first kappa shape index (κ1) is 12.7. The Morgan fingerprint density at radius 3 is 2.62 bits per heavy atom. The van der Waals surface area contributed by atoms with Crippen LogP contribution in [0, 0.1) is 5.41 Å². The number of hydrogen-bond acceptors (Lipinski definition) is 5. The van der Waals surface area contributed by atoms with Crippen LogP contribution in [-0.4, -0.2) is 24.0 Å². The molecule has 0 radical (unpaired) electrons. The van der Waals surface area contributed by atoms with E-state index in [-0.39, 0.29) is 12.8 Å². The first-order valence-electron chi connectivity index (χ1n) is 5.32. The molecule has 1 saturated heterocycles. The predicted octanol–water partition coefficient (Wildman–Crippen LogP) is 1.20. The average Bonchev–Trinajstić information content (AvgIpc) is 2.22. The molecule has 1 fully saturated rings. The summed E-state index contributed by atoms with van der Waals surface area (Å²) in [5, 5.41) is 0. The van der Waals surface area contributed by atoms with E-state index in [1.54, 1.807) is 13.8 Å². The third-order valence-electron chi connectivity index (χ3n) is 2.77. The van der Waals surface area contributed by atoms with Gasteiger partial charge in [0.1, 0.15) is 0 Å². The van der Waals surface area contributed by atoms with Crippen LogP contribution in [0.4, 0.5) is 0 Å². The van der Waals surface area contributed by atoms with Crippen LogP contribution in [0.3, 0.4) is 0 Å². The van der Waals surface area contributed by atoms with E-state index in [4.69, 9.17) is 4.74 Å². The molecule has 0 aromatic rings. The molecule has 0 aromatic heterocycles. The monoisotopic (exact) mass is 228 g/mol.